The van der Waals surface area contributed by atoms with Gasteiger partial charge in [0.05, 0.1) is 28.3 Å². The number of carbonyl (C=O) groups is 5. The maximum atomic E-state index is 13.4. The fraction of sp³-hybridized carbons (Fsp3) is 0.500. The Morgan fingerprint density at radius 2 is 1.63 bits per heavy atom. The third-order valence-electron chi connectivity index (χ3n) is 13.9. The molecule has 3 saturated heterocycles. The standard InChI is InChI=1S/C46H54N8O6/c1-28-5-4-6-36(47-28)41(56)48-38-23-30-27-53(50-37(30)25-35(38)45(2,3)60)31-13-19-51(20-14-31)26-29-11-15-46(16-12-29)17-21-52(22-18-46)32-7-8-33-34(24-32)44(59)54(43(33)58)39-9-10-40(55)49-42(39)57/h4-8,23-25,27,29,31,39,60H,9-22,26H2,1-3H3,(H,48,56)(H,49,55,57). The van der Waals surface area contributed by atoms with Crippen LogP contribution in [0.15, 0.2) is 54.7 Å². The van der Waals surface area contributed by atoms with E-state index < -0.39 is 29.4 Å². The number of fused-ring (bicyclic) bond motifs is 2. The fourth-order valence-corrected chi connectivity index (χ4v) is 10.3. The number of amides is 5. The molecule has 4 aliphatic heterocycles. The predicted octanol–water partition coefficient (Wildman–Crippen LogP) is 5.73. The Morgan fingerprint density at radius 1 is 0.900 bits per heavy atom. The second-order valence-corrected chi connectivity index (χ2v) is 18.4. The zero-order valence-electron chi connectivity index (χ0n) is 34.7. The number of imide groups is 2. The average Bonchev–Trinajstić information content (AvgIpc) is 3.75. The maximum Gasteiger partial charge on any atom is 0.274 e. The number of pyridine rings is 1. The van der Waals surface area contributed by atoms with E-state index in [1.54, 1.807) is 26.0 Å². The number of rotatable bonds is 8. The number of benzene rings is 2. The molecule has 1 spiro atoms. The number of anilines is 2. The molecule has 0 radical (unpaired) electrons. The molecule has 314 valence electrons. The Balaban J connectivity index is 0.762. The molecule has 5 aliphatic rings. The Labute approximate surface area is 349 Å². The predicted molar refractivity (Wildman–Crippen MR) is 226 cm³/mol. The zero-order chi connectivity index (χ0) is 41.9. The van der Waals surface area contributed by atoms with Crippen molar-refractivity contribution < 1.29 is 29.1 Å². The molecule has 4 fully saturated rings. The summed E-state index contributed by atoms with van der Waals surface area (Å²) in [6.45, 7) is 10.3. The molecule has 3 N–H and O–H groups in total. The number of nitrogens with zero attached hydrogens (tertiary/aromatic N) is 6. The second-order valence-electron chi connectivity index (χ2n) is 18.4. The number of carbonyl (C=O) groups excluding carboxylic acids is 5. The first-order chi connectivity index (χ1) is 28.7. The van der Waals surface area contributed by atoms with Gasteiger partial charge in [0.1, 0.15) is 11.7 Å². The summed E-state index contributed by atoms with van der Waals surface area (Å²) in [6.07, 6.45) is 11.5. The van der Waals surface area contributed by atoms with Crippen molar-refractivity contribution in [3.05, 3.63) is 82.8 Å². The van der Waals surface area contributed by atoms with Gasteiger partial charge in [-0.1, -0.05) is 6.07 Å². The Kier molecular flexibility index (Phi) is 10.3. The molecular weight excluding hydrogens is 761 g/mol. The van der Waals surface area contributed by atoms with Crippen molar-refractivity contribution in [3.8, 4) is 0 Å². The minimum Gasteiger partial charge on any atom is -0.386 e. The largest absolute Gasteiger partial charge is 0.386 e. The molecule has 60 heavy (non-hydrogen) atoms. The van der Waals surface area contributed by atoms with Crippen LogP contribution < -0.4 is 15.5 Å². The number of aromatic nitrogens is 3. The van der Waals surface area contributed by atoms with Crippen molar-refractivity contribution in [2.45, 2.75) is 103 Å². The monoisotopic (exact) mass is 814 g/mol. The molecule has 14 nitrogen and oxygen atoms in total. The SMILES string of the molecule is Cc1cccc(C(=O)Nc2cc3cn(C4CCN(CC5CCC6(CC5)CCN(c5ccc7c(c5)C(=O)N(C5CCC(=O)NC5=O)C7=O)CC6)CC4)nc3cc2C(C)(C)O)n1. The van der Waals surface area contributed by atoms with Crippen LogP contribution in [-0.2, 0) is 15.2 Å². The van der Waals surface area contributed by atoms with Crippen LogP contribution in [0.4, 0.5) is 11.4 Å². The lowest BCUT2D eigenvalue weighted by atomic mass is 9.65. The van der Waals surface area contributed by atoms with Crippen molar-refractivity contribution in [3.63, 3.8) is 0 Å². The van der Waals surface area contributed by atoms with Crippen molar-refractivity contribution in [2.24, 2.45) is 11.3 Å². The van der Waals surface area contributed by atoms with Crippen molar-refractivity contribution in [1.29, 1.82) is 0 Å². The smallest absolute Gasteiger partial charge is 0.274 e. The van der Waals surface area contributed by atoms with Crippen molar-refractivity contribution in [1.82, 2.24) is 29.9 Å². The minimum absolute atomic E-state index is 0.101. The number of likely N-dealkylation sites (tertiary alicyclic amines) is 1. The van der Waals surface area contributed by atoms with Crippen LogP contribution in [-0.4, -0.2) is 98.0 Å². The highest BCUT2D eigenvalue weighted by atomic mass is 16.3. The summed E-state index contributed by atoms with van der Waals surface area (Å²) in [4.78, 5) is 74.2. The van der Waals surface area contributed by atoms with Gasteiger partial charge in [-0.3, -0.25) is 38.9 Å². The normalized spacial score (nSPS) is 21.8. The highest BCUT2D eigenvalue weighted by molar-refractivity contribution is 6.23. The number of hydrogen-bond acceptors (Lipinski definition) is 10. The van der Waals surface area contributed by atoms with E-state index >= 15 is 0 Å². The molecule has 6 heterocycles. The first kappa shape index (κ1) is 40.0. The fourth-order valence-electron chi connectivity index (χ4n) is 10.3. The molecule has 1 saturated carbocycles. The number of piperidine rings is 3. The summed E-state index contributed by atoms with van der Waals surface area (Å²) < 4.78 is 2.08. The van der Waals surface area contributed by atoms with Crippen LogP contribution in [0, 0.1) is 18.3 Å². The molecule has 0 bridgehead atoms. The van der Waals surface area contributed by atoms with Gasteiger partial charge in [0.2, 0.25) is 11.8 Å². The first-order valence-corrected chi connectivity index (χ1v) is 21.6. The highest BCUT2D eigenvalue weighted by Gasteiger charge is 2.45. The summed E-state index contributed by atoms with van der Waals surface area (Å²) in [5.74, 6) is -1.55. The molecule has 5 amide bonds. The molecule has 14 heteroatoms. The van der Waals surface area contributed by atoms with E-state index in [-0.39, 0.29) is 30.7 Å². The summed E-state index contributed by atoms with van der Waals surface area (Å²) in [5, 5.41) is 22.2. The lowest BCUT2D eigenvalue weighted by Crippen LogP contribution is -2.54. The van der Waals surface area contributed by atoms with Crippen LogP contribution in [0.1, 0.15) is 127 Å². The van der Waals surface area contributed by atoms with Gasteiger partial charge in [0.15, 0.2) is 0 Å². The average molecular weight is 815 g/mol. The van der Waals surface area contributed by atoms with Gasteiger partial charge in [-0.05, 0) is 132 Å². The second kappa shape index (κ2) is 15.5. The molecular formula is C46H54N8O6. The van der Waals surface area contributed by atoms with Crippen LogP contribution in [0.25, 0.3) is 10.9 Å². The molecule has 2 aromatic carbocycles. The molecule has 1 unspecified atom stereocenters. The summed E-state index contributed by atoms with van der Waals surface area (Å²) in [7, 11) is 0. The van der Waals surface area contributed by atoms with Gasteiger partial charge in [-0.15, -0.1) is 0 Å². The van der Waals surface area contributed by atoms with Gasteiger partial charge >= 0.3 is 0 Å². The minimum atomic E-state index is -1.19. The third kappa shape index (κ3) is 7.71. The van der Waals surface area contributed by atoms with Crippen LogP contribution in [0.5, 0.6) is 0 Å². The molecule has 9 rings (SSSR count). The van der Waals surface area contributed by atoms with E-state index in [1.165, 1.54) is 25.7 Å². The lowest BCUT2D eigenvalue weighted by molar-refractivity contribution is -0.136. The molecule has 1 aliphatic carbocycles. The maximum absolute atomic E-state index is 13.4. The molecule has 2 aromatic heterocycles. The van der Waals surface area contributed by atoms with Gasteiger partial charge < -0.3 is 20.2 Å². The number of nitrogens with one attached hydrogen (secondary N) is 2. The molecule has 1 atom stereocenters. The van der Waals surface area contributed by atoms with E-state index in [4.69, 9.17) is 5.10 Å². The summed E-state index contributed by atoms with van der Waals surface area (Å²) in [6, 6.07) is 13.9. The van der Waals surface area contributed by atoms with Gasteiger partial charge in [0.25, 0.3) is 17.7 Å². The van der Waals surface area contributed by atoms with Gasteiger partial charge in [0, 0.05) is 73.4 Å². The van der Waals surface area contributed by atoms with Crippen LogP contribution in [0.2, 0.25) is 0 Å². The number of hydrogen-bond donors (Lipinski definition) is 3. The number of aliphatic hydroxyl groups is 1. The van der Waals surface area contributed by atoms with E-state index in [0.717, 1.165) is 85.6 Å². The topological polar surface area (TPSA) is 170 Å². The van der Waals surface area contributed by atoms with E-state index in [0.29, 0.717) is 39.4 Å². The van der Waals surface area contributed by atoms with Crippen molar-refractivity contribution >= 4 is 51.8 Å². The lowest BCUT2D eigenvalue weighted by Gasteiger charge is -2.47. The van der Waals surface area contributed by atoms with Gasteiger partial charge in [-0.2, -0.15) is 5.10 Å². The van der Waals surface area contributed by atoms with E-state index in [1.807, 2.05) is 43.3 Å². The Morgan fingerprint density at radius 3 is 2.33 bits per heavy atom. The summed E-state index contributed by atoms with van der Waals surface area (Å²) >= 11 is 0. The zero-order valence-corrected chi connectivity index (χ0v) is 34.7. The Hall–Kier alpha value is -5.47. The highest BCUT2D eigenvalue weighted by Crippen LogP contribution is 2.47. The number of aryl methyl sites for hydroxylation is 1. The summed E-state index contributed by atoms with van der Waals surface area (Å²) in [5.41, 5.74) is 3.76. The van der Waals surface area contributed by atoms with Crippen LogP contribution >= 0.6 is 0 Å². The Bertz CT molecular complexity index is 2370. The quantitative estimate of drug-likeness (QED) is 0.187. The van der Waals surface area contributed by atoms with E-state index in [2.05, 4.69) is 36.3 Å². The third-order valence-corrected chi connectivity index (χ3v) is 13.9. The first-order valence-electron chi connectivity index (χ1n) is 21.6. The van der Waals surface area contributed by atoms with Crippen molar-refractivity contribution in [2.75, 3.05) is 42.9 Å². The van der Waals surface area contributed by atoms with E-state index in [9.17, 15) is 29.1 Å². The van der Waals surface area contributed by atoms with Crippen LogP contribution in [0.3, 0.4) is 0 Å². The van der Waals surface area contributed by atoms with Gasteiger partial charge in [-0.25, -0.2) is 4.98 Å². The molecule has 4 aromatic rings.